The van der Waals surface area contributed by atoms with Gasteiger partial charge in [0.2, 0.25) is 0 Å². The minimum absolute atomic E-state index is 0.263. The maximum Gasteiger partial charge on any atom is 0.136 e. The fourth-order valence-electron chi connectivity index (χ4n) is 1.73. The van der Waals surface area contributed by atoms with Crippen molar-refractivity contribution >= 4 is 11.9 Å². The van der Waals surface area contributed by atoms with Crippen LogP contribution in [0.4, 0.5) is 0 Å². The van der Waals surface area contributed by atoms with Gasteiger partial charge in [0.1, 0.15) is 5.78 Å². The summed E-state index contributed by atoms with van der Waals surface area (Å²) in [6.07, 6.45) is 8.97. The minimum Gasteiger partial charge on any atom is -0.472 e. The molecule has 0 radical (unpaired) electrons. The van der Waals surface area contributed by atoms with E-state index in [2.05, 4.69) is 12.1 Å². The van der Waals surface area contributed by atoms with Crippen LogP contribution in [-0.4, -0.2) is 5.78 Å². The highest BCUT2D eigenvalue weighted by atomic mass is 16.3. The molecule has 0 saturated carbocycles. The predicted molar refractivity (Wildman–Crippen MR) is 72.1 cm³/mol. The lowest BCUT2D eigenvalue weighted by molar-refractivity contribution is -0.118. The Morgan fingerprint density at radius 3 is 2.72 bits per heavy atom. The highest BCUT2D eigenvalue weighted by Crippen LogP contribution is 2.06. The molecule has 0 aliphatic rings. The molecule has 0 saturated heterocycles. The number of furan rings is 1. The van der Waals surface area contributed by atoms with Gasteiger partial charge >= 0.3 is 0 Å². The molecule has 0 atom stereocenters. The van der Waals surface area contributed by atoms with Crippen LogP contribution in [0.1, 0.15) is 24.0 Å². The molecule has 1 aromatic carbocycles. The van der Waals surface area contributed by atoms with Crippen LogP contribution in [0, 0.1) is 0 Å². The number of aryl methyl sites for hydroxylation is 1. The van der Waals surface area contributed by atoms with Crippen molar-refractivity contribution in [2.24, 2.45) is 0 Å². The summed E-state index contributed by atoms with van der Waals surface area (Å²) in [7, 11) is 0. The molecule has 0 N–H and O–H groups in total. The van der Waals surface area contributed by atoms with Gasteiger partial charge in [-0.2, -0.15) is 0 Å². The minimum atomic E-state index is 0.263. The molecule has 0 fully saturated rings. The SMILES string of the molecule is O=C(C/C=C/c1ccoc1)CCc1ccccc1. The van der Waals surface area contributed by atoms with E-state index in [0.29, 0.717) is 12.8 Å². The second-order valence-corrected chi connectivity index (χ2v) is 4.19. The number of rotatable bonds is 6. The van der Waals surface area contributed by atoms with Gasteiger partial charge in [0.25, 0.3) is 0 Å². The standard InChI is InChI=1S/C16H16O2/c17-16(8-4-7-15-11-12-18-13-15)10-9-14-5-2-1-3-6-14/h1-7,11-13H,8-10H2/b7-4+. The molecule has 2 nitrogen and oxygen atoms in total. The fourth-order valence-corrected chi connectivity index (χ4v) is 1.73. The van der Waals surface area contributed by atoms with Gasteiger partial charge in [-0.25, -0.2) is 0 Å². The number of ketones is 1. The molecule has 1 heterocycles. The molecular formula is C16H16O2. The van der Waals surface area contributed by atoms with Crippen molar-refractivity contribution in [1.29, 1.82) is 0 Å². The molecule has 0 spiro atoms. The first kappa shape index (κ1) is 12.4. The van der Waals surface area contributed by atoms with E-state index >= 15 is 0 Å². The van der Waals surface area contributed by atoms with Crippen molar-refractivity contribution in [3.63, 3.8) is 0 Å². The number of hydrogen-bond donors (Lipinski definition) is 0. The molecule has 92 valence electrons. The molecule has 1 aromatic heterocycles. The second-order valence-electron chi connectivity index (χ2n) is 4.19. The number of allylic oxidation sites excluding steroid dienone is 1. The fraction of sp³-hybridized carbons (Fsp3) is 0.188. The van der Waals surface area contributed by atoms with Crippen LogP contribution in [0.5, 0.6) is 0 Å². The third-order valence-electron chi connectivity index (χ3n) is 2.73. The number of carbonyl (C=O) groups excluding carboxylic acids is 1. The zero-order chi connectivity index (χ0) is 12.6. The van der Waals surface area contributed by atoms with Crippen molar-refractivity contribution in [3.05, 3.63) is 66.1 Å². The summed E-state index contributed by atoms with van der Waals surface area (Å²) in [6, 6.07) is 11.9. The summed E-state index contributed by atoms with van der Waals surface area (Å²) < 4.78 is 4.94. The van der Waals surface area contributed by atoms with Crippen LogP contribution in [0.15, 0.2) is 59.4 Å². The Morgan fingerprint density at radius 1 is 1.17 bits per heavy atom. The average Bonchev–Trinajstić information content (AvgIpc) is 2.91. The third-order valence-corrected chi connectivity index (χ3v) is 2.73. The monoisotopic (exact) mass is 240 g/mol. The maximum atomic E-state index is 11.7. The van der Waals surface area contributed by atoms with Crippen LogP contribution in [0.25, 0.3) is 6.08 Å². The molecule has 18 heavy (non-hydrogen) atoms. The van der Waals surface area contributed by atoms with E-state index in [1.807, 2.05) is 36.4 Å². The summed E-state index contributed by atoms with van der Waals surface area (Å²) in [4.78, 5) is 11.7. The lowest BCUT2D eigenvalue weighted by Crippen LogP contribution is -1.98. The molecule has 0 bridgehead atoms. The Hall–Kier alpha value is -2.09. The van der Waals surface area contributed by atoms with Crippen LogP contribution >= 0.6 is 0 Å². The lowest BCUT2D eigenvalue weighted by Gasteiger charge is -1.98. The second kappa shape index (κ2) is 6.60. The van der Waals surface area contributed by atoms with Crippen LogP contribution in [0.3, 0.4) is 0 Å². The third kappa shape index (κ3) is 4.06. The number of carbonyl (C=O) groups is 1. The van der Waals surface area contributed by atoms with Crippen LogP contribution in [0.2, 0.25) is 0 Å². The zero-order valence-electron chi connectivity index (χ0n) is 10.2. The Kier molecular flexibility index (Phi) is 4.53. The van der Waals surface area contributed by atoms with Crippen LogP contribution < -0.4 is 0 Å². The van der Waals surface area contributed by atoms with Gasteiger partial charge in [0.15, 0.2) is 0 Å². The normalized spacial score (nSPS) is 10.9. The number of Topliss-reactive ketones (excluding diaryl/α,β-unsaturated/α-hetero) is 1. The van der Waals surface area contributed by atoms with E-state index in [0.717, 1.165) is 12.0 Å². The van der Waals surface area contributed by atoms with Crippen molar-refractivity contribution in [2.75, 3.05) is 0 Å². The first-order chi connectivity index (χ1) is 8.84. The predicted octanol–water partition coefficient (Wildman–Crippen LogP) is 3.88. The van der Waals surface area contributed by atoms with E-state index in [-0.39, 0.29) is 5.78 Å². The smallest absolute Gasteiger partial charge is 0.136 e. The molecule has 0 aliphatic carbocycles. The largest absolute Gasteiger partial charge is 0.472 e. The van der Waals surface area contributed by atoms with Gasteiger partial charge in [-0.3, -0.25) is 4.79 Å². The molecule has 0 unspecified atom stereocenters. The summed E-state index contributed by atoms with van der Waals surface area (Å²) in [6.45, 7) is 0. The molecule has 2 heteroatoms. The Morgan fingerprint density at radius 2 is 2.00 bits per heavy atom. The van der Waals surface area contributed by atoms with E-state index in [1.165, 1.54) is 5.56 Å². The van der Waals surface area contributed by atoms with Crippen molar-refractivity contribution in [1.82, 2.24) is 0 Å². The Labute approximate surface area is 107 Å². The molecule has 2 aromatic rings. The highest BCUT2D eigenvalue weighted by molar-refractivity contribution is 5.80. The van der Waals surface area contributed by atoms with Crippen molar-refractivity contribution < 1.29 is 9.21 Å². The van der Waals surface area contributed by atoms with Gasteiger partial charge in [-0.15, -0.1) is 0 Å². The van der Waals surface area contributed by atoms with Gasteiger partial charge in [0.05, 0.1) is 12.5 Å². The molecule has 2 rings (SSSR count). The summed E-state index contributed by atoms with van der Waals surface area (Å²) >= 11 is 0. The quantitative estimate of drug-likeness (QED) is 0.767. The van der Waals surface area contributed by atoms with Crippen LogP contribution in [-0.2, 0) is 11.2 Å². The number of hydrogen-bond acceptors (Lipinski definition) is 2. The first-order valence-corrected chi connectivity index (χ1v) is 6.09. The highest BCUT2D eigenvalue weighted by Gasteiger charge is 2.00. The number of benzene rings is 1. The molecule has 0 aliphatic heterocycles. The summed E-state index contributed by atoms with van der Waals surface area (Å²) in [5.41, 5.74) is 2.20. The first-order valence-electron chi connectivity index (χ1n) is 6.09. The summed E-state index contributed by atoms with van der Waals surface area (Å²) in [5.74, 6) is 0.263. The average molecular weight is 240 g/mol. The lowest BCUT2D eigenvalue weighted by atomic mass is 10.1. The molecule has 0 amide bonds. The molecular weight excluding hydrogens is 224 g/mol. The van der Waals surface area contributed by atoms with E-state index in [9.17, 15) is 4.79 Å². The van der Waals surface area contributed by atoms with Crippen molar-refractivity contribution in [3.8, 4) is 0 Å². The maximum absolute atomic E-state index is 11.7. The van der Waals surface area contributed by atoms with Crippen molar-refractivity contribution in [2.45, 2.75) is 19.3 Å². The van der Waals surface area contributed by atoms with E-state index < -0.39 is 0 Å². The van der Waals surface area contributed by atoms with E-state index in [4.69, 9.17) is 4.42 Å². The topological polar surface area (TPSA) is 30.2 Å². The van der Waals surface area contributed by atoms with Gasteiger partial charge in [-0.05, 0) is 18.1 Å². The van der Waals surface area contributed by atoms with E-state index in [1.54, 1.807) is 12.5 Å². The van der Waals surface area contributed by atoms with Gasteiger partial charge in [-0.1, -0.05) is 42.5 Å². The van der Waals surface area contributed by atoms with Gasteiger partial charge < -0.3 is 4.42 Å². The zero-order valence-corrected chi connectivity index (χ0v) is 10.2. The summed E-state index contributed by atoms with van der Waals surface area (Å²) in [5, 5.41) is 0. The Balaban J connectivity index is 1.73. The Bertz CT molecular complexity index is 495. The van der Waals surface area contributed by atoms with Gasteiger partial charge in [0, 0.05) is 18.4 Å².